The number of hydrogen-bond acceptors (Lipinski definition) is 3. The van der Waals surface area contributed by atoms with Crippen molar-refractivity contribution in [3.05, 3.63) is 0 Å². The fourth-order valence-electron chi connectivity index (χ4n) is 2.03. The fraction of sp³-hybridized carbons (Fsp3) is 0.909. The number of ether oxygens (including phenoxy) is 1. The molecular formula is C11H21NO2. The maximum atomic E-state index is 10.8. The average molecular weight is 199 g/mol. The summed E-state index contributed by atoms with van der Waals surface area (Å²) in [5.74, 6) is 0. The monoisotopic (exact) mass is 199 g/mol. The Balaban J connectivity index is 2.48. The molecule has 2 atom stereocenters. The number of carbonyl (C=O) groups is 1. The van der Waals surface area contributed by atoms with Crippen molar-refractivity contribution in [2.45, 2.75) is 39.9 Å². The minimum Gasteiger partial charge on any atom is -0.373 e. The van der Waals surface area contributed by atoms with Gasteiger partial charge in [-0.1, -0.05) is 13.8 Å². The summed E-state index contributed by atoms with van der Waals surface area (Å²) in [6.45, 7) is 10.8. The smallest absolute Gasteiger partial charge is 0.126 e. The summed E-state index contributed by atoms with van der Waals surface area (Å²) in [6, 6.07) is 0. The van der Waals surface area contributed by atoms with Crippen LogP contribution in [0.5, 0.6) is 0 Å². The molecule has 0 saturated carbocycles. The van der Waals surface area contributed by atoms with Crippen LogP contribution in [0.25, 0.3) is 0 Å². The van der Waals surface area contributed by atoms with Gasteiger partial charge in [-0.3, -0.25) is 4.90 Å². The van der Waals surface area contributed by atoms with Gasteiger partial charge in [0.2, 0.25) is 0 Å². The van der Waals surface area contributed by atoms with E-state index >= 15 is 0 Å². The van der Waals surface area contributed by atoms with Crippen molar-refractivity contribution in [1.29, 1.82) is 0 Å². The van der Waals surface area contributed by atoms with Crippen LogP contribution in [0.15, 0.2) is 0 Å². The maximum absolute atomic E-state index is 10.8. The lowest BCUT2D eigenvalue weighted by atomic mass is 9.94. The number of morpholine rings is 1. The van der Waals surface area contributed by atoms with Gasteiger partial charge in [0.25, 0.3) is 0 Å². The molecule has 1 fully saturated rings. The highest BCUT2D eigenvalue weighted by Gasteiger charge is 2.27. The van der Waals surface area contributed by atoms with Crippen LogP contribution in [-0.2, 0) is 9.53 Å². The summed E-state index contributed by atoms with van der Waals surface area (Å²) in [5.41, 5.74) is -0.239. The van der Waals surface area contributed by atoms with Gasteiger partial charge in [-0.2, -0.15) is 0 Å². The molecule has 0 spiro atoms. The summed E-state index contributed by atoms with van der Waals surface area (Å²) in [7, 11) is 0. The first-order chi connectivity index (χ1) is 6.43. The second kappa shape index (κ2) is 4.41. The maximum Gasteiger partial charge on any atom is 0.126 e. The molecule has 0 radical (unpaired) electrons. The zero-order valence-corrected chi connectivity index (χ0v) is 9.62. The van der Waals surface area contributed by atoms with Gasteiger partial charge in [0.05, 0.1) is 12.2 Å². The summed E-state index contributed by atoms with van der Waals surface area (Å²) in [4.78, 5) is 13.1. The van der Waals surface area contributed by atoms with Crippen LogP contribution in [0.3, 0.4) is 0 Å². The number of hydrogen-bond donors (Lipinski definition) is 0. The minimum absolute atomic E-state index is 0.239. The van der Waals surface area contributed by atoms with Crippen molar-refractivity contribution in [1.82, 2.24) is 4.90 Å². The first-order valence-electron chi connectivity index (χ1n) is 5.27. The lowest BCUT2D eigenvalue weighted by molar-refractivity contribution is -0.118. The van der Waals surface area contributed by atoms with Gasteiger partial charge in [0.15, 0.2) is 0 Å². The molecule has 14 heavy (non-hydrogen) atoms. The van der Waals surface area contributed by atoms with Gasteiger partial charge in [0.1, 0.15) is 6.29 Å². The Labute approximate surface area is 86.4 Å². The number of rotatable bonds is 3. The normalized spacial score (nSPS) is 30.3. The van der Waals surface area contributed by atoms with Gasteiger partial charge in [-0.05, 0) is 13.8 Å². The van der Waals surface area contributed by atoms with Crippen LogP contribution >= 0.6 is 0 Å². The van der Waals surface area contributed by atoms with Crippen molar-refractivity contribution in [2.75, 3.05) is 19.6 Å². The van der Waals surface area contributed by atoms with Crippen molar-refractivity contribution in [3.8, 4) is 0 Å². The van der Waals surface area contributed by atoms with Gasteiger partial charge in [-0.15, -0.1) is 0 Å². The first kappa shape index (κ1) is 11.7. The Morgan fingerprint density at radius 1 is 1.36 bits per heavy atom. The third-order valence-electron chi connectivity index (χ3n) is 2.45. The molecule has 0 aromatic heterocycles. The molecule has 82 valence electrons. The van der Waals surface area contributed by atoms with Crippen molar-refractivity contribution < 1.29 is 9.53 Å². The topological polar surface area (TPSA) is 29.5 Å². The fourth-order valence-corrected chi connectivity index (χ4v) is 2.03. The van der Waals surface area contributed by atoms with E-state index in [0.29, 0.717) is 0 Å². The molecule has 1 aliphatic rings. The minimum atomic E-state index is -0.239. The van der Waals surface area contributed by atoms with E-state index < -0.39 is 0 Å². The highest BCUT2D eigenvalue weighted by molar-refractivity contribution is 5.58. The molecule has 1 heterocycles. The summed E-state index contributed by atoms with van der Waals surface area (Å²) in [6.07, 6.45) is 1.60. The van der Waals surface area contributed by atoms with E-state index in [1.54, 1.807) is 0 Å². The third kappa shape index (κ3) is 3.39. The largest absolute Gasteiger partial charge is 0.373 e. The quantitative estimate of drug-likeness (QED) is 0.642. The Hall–Kier alpha value is -0.410. The van der Waals surface area contributed by atoms with Crippen LogP contribution in [0.4, 0.5) is 0 Å². The van der Waals surface area contributed by atoms with Gasteiger partial charge < -0.3 is 9.53 Å². The Morgan fingerprint density at radius 2 is 1.86 bits per heavy atom. The Bertz CT molecular complexity index is 193. The van der Waals surface area contributed by atoms with Crippen molar-refractivity contribution >= 4 is 6.29 Å². The molecule has 0 bridgehead atoms. The summed E-state index contributed by atoms with van der Waals surface area (Å²) in [5, 5.41) is 0. The van der Waals surface area contributed by atoms with Crippen molar-refractivity contribution in [3.63, 3.8) is 0 Å². The summed E-state index contributed by atoms with van der Waals surface area (Å²) < 4.78 is 5.63. The predicted octanol–water partition coefficient (Wildman–Crippen LogP) is 1.32. The van der Waals surface area contributed by atoms with Gasteiger partial charge in [-0.25, -0.2) is 0 Å². The third-order valence-corrected chi connectivity index (χ3v) is 2.45. The molecule has 0 aromatic rings. The Kier molecular flexibility index (Phi) is 3.67. The highest BCUT2D eigenvalue weighted by atomic mass is 16.5. The zero-order valence-electron chi connectivity index (χ0n) is 9.62. The molecule has 1 rings (SSSR count). The second-order valence-corrected chi connectivity index (χ2v) is 5.06. The van der Waals surface area contributed by atoms with Crippen molar-refractivity contribution in [2.24, 2.45) is 5.41 Å². The molecule has 1 aliphatic heterocycles. The standard InChI is InChI=1S/C11H21NO2/c1-9-5-12(6-10(2)14-9)7-11(3,4)8-13/h8-10H,5-7H2,1-4H3. The number of aldehydes is 1. The molecular weight excluding hydrogens is 178 g/mol. The van der Waals surface area contributed by atoms with Gasteiger partial charge >= 0.3 is 0 Å². The Morgan fingerprint density at radius 3 is 2.29 bits per heavy atom. The molecule has 0 aromatic carbocycles. The molecule has 0 amide bonds. The van der Waals surface area contributed by atoms with Crippen LogP contribution in [0, 0.1) is 5.41 Å². The molecule has 2 unspecified atom stereocenters. The van der Waals surface area contributed by atoms with E-state index in [1.165, 1.54) is 0 Å². The van der Waals surface area contributed by atoms with Gasteiger partial charge in [0, 0.05) is 25.0 Å². The van der Waals surface area contributed by atoms with E-state index in [1.807, 2.05) is 13.8 Å². The summed E-state index contributed by atoms with van der Waals surface area (Å²) >= 11 is 0. The molecule has 3 heteroatoms. The van der Waals surface area contributed by atoms with E-state index in [9.17, 15) is 4.79 Å². The van der Waals surface area contributed by atoms with E-state index in [-0.39, 0.29) is 17.6 Å². The van der Waals surface area contributed by atoms with Crippen LogP contribution in [-0.4, -0.2) is 43.0 Å². The molecule has 3 nitrogen and oxygen atoms in total. The van der Waals surface area contributed by atoms with Crippen LogP contribution < -0.4 is 0 Å². The lowest BCUT2D eigenvalue weighted by Gasteiger charge is -2.38. The van der Waals surface area contributed by atoms with E-state index in [2.05, 4.69) is 18.7 Å². The number of nitrogens with zero attached hydrogens (tertiary/aromatic N) is 1. The average Bonchev–Trinajstić information content (AvgIpc) is 2.01. The van der Waals surface area contributed by atoms with E-state index in [0.717, 1.165) is 25.9 Å². The SMILES string of the molecule is CC1CN(CC(C)(C)C=O)CC(C)O1. The first-order valence-corrected chi connectivity index (χ1v) is 5.27. The predicted molar refractivity (Wildman–Crippen MR) is 56.3 cm³/mol. The molecule has 0 N–H and O–H groups in total. The highest BCUT2D eigenvalue weighted by Crippen LogP contribution is 2.17. The second-order valence-electron chi connectivity index (χ2n) is 5.06. The van der Waals surface area contributed by atoms with E-state index in [4.69, 9.17) is 4.74 Å². The molecule has 0 aliphatic carbocycles. The molecule has 1 saturated heterocycles. The van der Waals surface area contributed by atoms with Crippen LogP contribution in [0.2, 0.25) is 0 Å². The van der Waals surface area contributed by atoms with Crippen LogP contribution in [0.1, 0.15) is 27.7 Å². The zero-order chi connectivity index (χ0) is 10.8. The lowest BCUT2D eigenvalue weighted by Crippen LogP contribution is -2.48. The number of carbonyl (C=O) groups excluding carboxylic acids is 1.